The maximum Gasteiger partial charge on any atom is 0.255 e. The molecule has 0 aliphatic carbocycles. The van der Waals surface area contributed by atoms with E-state index in [1.54, 1.807) is 14.2 Å². The van der Waals surface area contributed by atoms with Gasteiger partial charge in [-0.1, -0.05) is 6.07 Å². The molecular formula is C16H26F2IN3O2. The Balaban J connectivity index is 0.00000529. The van der Waals surface area contributed by atoms with Crippen molar-refractivity contribution in [3.63, 3.8) is 0 Å². The highest BCUT2D eigenvalue weighted by atomic mass is 127. The predicted molar refractivity (Wildman–Crippen MR) is 103 cm³/mol. The van der Waals surface area contributed by atoms with Gasteiger partial charge >= 0.3 is 0 Å². The number of nitrogens with one attached hydrogen (secondary N) is 2. The van der Waals surface area contributed by atoms with Crippen molar-refractivity contribution in [1.29, 1.82) is 0 Å². The number of hydrogen-bond acceptors (Lipinski definition) is 3. The Hall–Kier alpha value is -1.32. The summed E-state index contributed by atoms with van der Waals surface area (Å²) in [6.07, 6.45) is -0.722. The largest absolute Gasteiger partial charge is 0.493 e. The van der Waals surface area contributed by atoms with E-state index in [0.717, 1.165) is 24.2 Å². The molecule has 0 amide bonds. The number of benzene rings is 1. The quantitative estimate of drug-likeness (QED) is 0.259. The summed E-state index contributed by atoms with van der Waals surface area (Å²) in [5, 5.41) is 5.57. The molecule has 2 N–H and O–H groups in total. The second-order valence-electron chi connectivity index (χ2n) is 4.79. The molecule has 0 saturated carbocycles. The minimum atomic E-state index is -2.40. The summed E-state index contributed by atoms with van der Waals surface area (Å²) in [6, 6.07) is 5.84. The summed E-state index contributed by atoms with van der Waals surface area (Å²) in [7, 11) is 3.16. The number of aryl methyl sites for hydroxylation is 1. The topological polar surface area (TPSA) is 54.9 Å². The number of ether oxygens (including phenoxy) is 2. The minimum Gasteiger partial charge on any atom is -0.493 e. The van der Waals surface area contributed by atoms with Crippen molar-refractivity contribution < 1.29 is 18.3 Å². The zero-order valence-electron chi connectivity index (χ0n) is 14.3. The lowest BCUT2D eigenvalue weighted by molar-refractivity contribution is 0.152. The molecule has 0 heterocycles. The van der Waals surface area contributed by atoms with Crippen LogP contribution in [0.1, 0.15) is 18.9 Å². The van der Waals surface area contributed by atoms with Crippen molar-refractivity contribution in [2.24, 2.45) is 4.99 Å². The van der Waals surface area contributed by atoms with Gasteiger partial charge in [-0.2, -0.15) is 0 Å². The zero-order valence-corrected chi connectivity index (χ0v) is 16.6. The molecule has 0 unspecified atom stereocenters. The van der Waals surface area contributed by atoms with Crippen LogP contribution < -0.4 is 20.1 Å². The number of nitrogens with zero attached hydrogens (tertiary/aromatic N) is 1. The second kappa shape index (κ2) is 13.0. The van der Waals surface area contributed by atoms with E-state index in [0.29, 0.717) is 24.9 Å². The Morgan fingerprint density at radius 3 is 2.58 bits per heavy atom. The van der Waals surface area contributed by atoms with Crippen LogP contribution in [0.3, 0.4) is 0 Å². The Morgan fingerprint density at radius 1 is 1.25 bits per heavy atom. The van der Waals surface area contributed by atoms with E-state index in [1.165, 1.54) is 0 Å². The van der Waals surface area contributed by atoms with Crippen LogP contribution >= 0.6 is 24.0 Å². The van der Waals surface area contributed by atoms with Crippen molar-refractivity contribution in [2.75, 3.05) is 33.9 Å². The molecule has 0 fully saturated rings. The van der Waals surface area contributed by atoms with Gasteiger partial charge in [-0.25, -0.2) is 8.78 Å². The molecule has 0 aromatic heterocycles. The van der Waals surface area contributed by atoms with Gasteiger partial charge in [0.15, 0.2) is 17.5 Å². The molecule has 0 aliphatic heterocycles. The normalized spacial score (nSPS) is 11.0. The zero-order chi connectivity index (χ0) is 17.1. The van der Waals surface area contributed by atoms with E-state index in [1.807, 2.05) is 25.1 Å². The fourth-order valence-corrected chi connectivity index (χ4v) is 2.04. The maximum absolute atomic E-state index is 12.1. The van der Waals surface area contributed by atoms with Gasteiger partial charge in [0.05, 0.1) is 20.3 Å². The third-order valence-electron chi connectivity index (χ3n) is 3.11. The van der Waals surface area contributed by atoms with Gasteiger partial charge in [-0.3, -0.25) is 4.99 Å². The first-order valence-electron chi connectivity index (χ1n) is 7.63. The molecule has 138 valence electrons. The van der Waals surface area contributed by atoms with E-state index in [2.05, 4.69) is 15.6 Å². The second-order valence-corrected chi connectivity index (χ2v) is 4.79. The number of halogens is 3. The van der Waals surface area contributed by atoms with Crippen LogP contribution in [-0.4, -0.2) is 46.2 Å². The van der Waals surface area contributed by atoms with Crippen LogP contribution in [0.2, 0.25) is 0 Å². The molecule has 0 radical (unpaired) electrons. The van der Waals surface area contributed by atoms with Gasteiger partial charge in [0, 0.05) is 13.6 Å². The number of rotatable bonds is 9. The number of guanidine groups is 1. The molecule has 1 aromatic rings. The van der Waals surface area contributed by atoms with Crippen molar-refractivity contribution in [3.05, 3.63) is 23.8 Å². The van der Waals surface area contributed by atoms with Gasteiger partial charge < -0.3 is 20.1 Å². The van der Waals surface area contributed by atoms with Crippen molar-refractivity contribution in [1.82, 2.24) is 10.6 Å². The van der Waals surface area contributed by atoms with E-state index < -0.39 is 13.0 Å². The smallest absolute Gasteiger partial charge is 0.255 e. The van der Waals surface area contributed by atoms with Gasteiger partial charge in [-0.15, -0.1) is 24.0 Å². The van der Waals surface area contributed by atoms with E-state index in [9.17, 15) is 8.78 Å². The van der Waals surface area contributed by atoms with Crippen molar-refractivity contribution in [3.8, 4) is 11.5 Å². The maximum atomic E-state index is 12.1. The fraction of sp³-hybridized carbons (Fsp3) is 0.562. The average Bonchev–Trinajstić information content (AvgIpc) is 2.54. The molecule has 0 bridgehead atoms. The lowest BCUT2D eigenvalue weighted by Crippen LogP contribution is -2.40. The first-order chi connectivity index (χ1) is 11.1. The molecule has 0 aliphatic rings. The van der Waals surface area contributed by atoms with Crippen molar-refractivity contribution in [2.45, 2.75) is 26.2 Å². The number of aliphatic imine (C=N–C) groups is 1. The van der Waals surface area contributed by atoms with E-state index >= 15 is 0 Å². The monoisotopic (exact) mass is 457 g/mol. The molecule has 24 heavy (non-hydrogen) atoms. The predicted octanol–water partition coefficient (Wildman–Crippen LogP) is 3.07. The Labute approximate surface area is 159 Å². The first-order valence-corrected chi connectivity index (χ1v) is 7.63. The van der Waals surface area contributed by atoms with Crippen LogP contribution in [0.15, 0.2) is 23.2 Å². The standard InChI is InChI=1S/C16H25F2N3O2.HI/c1-4-23-14-10-12(7-8-13(14)22-3)6-5-9-20-16(19-2)21-11-15(17)18;/h7-8,10,15H,4-6,9,11H2,1-3H3,(H2,19,20,21);1H. The molecule has 0 spiro atoms. The van der Waals surface area contributed by atoms with E-state index in [-0.39, 0.29) is 24.0 Å². The van der Waals surface area contributed by atoms with Gasteiger partial charge in [0.25, 0.3) is 6.43 Å². The summed E-state index contributed by atoms with van der Waals surface area (Å²) in [5.74, 6) is 1.83. The van der Waals surface area contributed by atoms with Crippen LogP contribution in [-0.2, 0) is 6.42 Å². The molecule has 1 rings (SSSR count). The molecule has 5 nitrogen and oxygen atoms in total. The summed E-state index contributed by atoms with van der Waals surface area (Å²) >= 11 is 0. The van der Waals surface area contributed by atoms with Crippen LogP contribution in [0.25, 0.3) is 0 Å². The summed E-state index contributed by atoms with van der Waals surface area (Å²) in [5.41, 5.74) is 1.13. The highest BCUT2D eigenvalue weighted by molar-refractivity contribution is 14.0. The summed E-state index contributed by atoms with van der Waals surface area (Å²) in [4.78, 5) is 3.89. The first kappa shape index (κ1) is 22.7. The van der Waals surface area contributed by atoms with Gasteiger partial charge in [0.2, 0.25) is 0 Å². The molecule has 1 aromatic carbocycles. The van der Waals surface area contributed by atoms with Crippen molar-refractivity contribution >= 4 is 29.9 Å². The fourth-order valence-electron chi connectivity index (χ4n) is 2.04. The summed E-state index contributed by atoms with van der Waals surface area (Å²) in [6.45, 7) is 2.73. The molecule has 0 saturated heterocycles. The Morgan fingerprint density at radius 2 is 2.00 bits per heavy atom. The van der Waals surface area contributed by atoms with Crippen LogP contribution in [0.5, 0.6) is 11.5 Å². The highest BCUT2D eigenvalue weighted by Crippen LogP contribution is 2.28. The lowest BCUT2D eigenvalue weighted by Gasteiger charge is -2.12. The SMILES string of the molecule is CCOc1cc(CCCNC(=NC)NCC(F)F)ccc1OC.I. The average molecular weight is 457 g/mol. The van der Waals surface area contributed by atoms with Crippen LogP contribution in [0.4, 0.5) is 8.78 Å². The van der Waals surface area contributed by atoms with Crippen LogP contribution in [0, 0.1) is 0 Å². The number of methoxy groups -OCH3 is 1. The Bertz CT molecular complexity index is 502. The summed E-state index contributed by atoms with van der Waals surface area (Å²) < 4.78 is 35.1. The number of alkyl halides is 2. The lowest BCUT2D eigenvalue weighted by atomic mass is 10.1. The third-order valence-corrected chi connectivity index (χ3v) is 3.11. The molecule has 8 heteroatoms. The van der Waals surface area contributed by atoms with E-state index in [4.69, 9.17) is 9.47 Å². The van der Waals surface area contributed by atoms with Gasteiger partial charge in [0.1, 0.15) is 0 Å². The Kier molecular flexibility index (Phi) is 12.3. The van der Waals surface area contributed by atoms with Gasteiger partial charge in [-0.05, 0) is 37.5 Å². The number of hydrogen-bond donors (Lipinski definition) is 2. The molecular weight excluding hydrogens is 431 g/mol. The molecule has 0 atom stereocenters. The minimum absolute atomic E-state index is 0. The third kappa shape index (κ3) is 8.51. The highest BCUT2D eigenvalue weighted by Gasteiger charge is 2.06.